The second-order valence-electron chi connectivity index (χ2n) is 6.24. The van der Waals surface area contributed by atoms with Crippen LogP contribution in [0.4, 0.5) is 0 Å². The van der Waals surface area contributed by atoms with Crippen LogP contribution < -0.4 is 5.32 Å². The third kappa shape index (κ3) is 4.61. The predicted molar refractivity (Wildman–Crippen MR) is 103 cm³/mol. The monoisotopic (exact) mass is 401 g/mol. The molecule has 7 nitrogen and oxygen atoms in total. The van der Waals surface area contributed by atoms with E-state index in [9.17, 15) is 9.59 Å². The quantitative estimate of drug-likeness (QED) is 0.613. The normalized spacial score (nSPS) is 11.8. The van der Waals surface area contributed by atoms with Gasteiger partial charge in [0.2, 0.25) is 0 Å². The summed E-state index contributed by atoms with van der Waals surface area (Å²) in [7, 11) is 0. The van der Waals surface area contributed by atoms with Gasteiger partial charge in [-0.15, -0.1) is 0 Å². The number of rotatable bonds is 7. The molecular formula is C20H20ClN3O4. The van der Waals surface area contributed by atoms with Crippen LogP contribution in [0.5, 0.6) is 0 Å². The molecule has 0 aliphatic carbocycles. The van der Waals surface area contributed by atoms with Crippen molar-refractivity contribution >= 4 is 23.5 Å². The minimum Gasteiger partial charge on any atom is -0.467 e. The number of esters is 1. The largest absolute Gasteiger partial charge is 0.467 e. The van der Waals surface area contributed by atoms with E-state index in [0.29, 0.717) is 18.0 Å². The average molecular weight is 402 g/mol. The van der Waals surface area contributed by atoms with Crippen molar-refractivity contribution in [2.75, 3.05) is 0 Å². The van der Waals surface area contributed by atoms with E-state index in [1.807, 2.05) is 30.3 Å². The van der Waals surface area contributed by atoms with Gasteiger partial charge in [0.05, 0.1) is 25.0 Å². The summed E-state index contributed by atoms with van der Waals surface area (Å²) in [5, 5.41) is 7.14. The highest BCUT2D eigenvalue weighted by atomic mass is 35.5. The Kier molecular flexibility index (Phi) is 6.16. The molecular weight excluding hydrogens is 382 g/mol. The molecule has 28 heavy (non-hydrogen) atoms. The number of ether oxygens (including phenoxy) is 1. The number of carbonyl (C=O) groups is 2. The molecule has 0 unspecified atom stereocenters. The second kappa shape index (κ2) is 8.75. The number of nitrogens with one attached hydrogen (secondary N) is 1. The van der Waals surface area contributed by atoms with Crippen molar-refractivity contribution in [3.63, 3.8) is 0 Å². The number of hydrogen-bond acceptors (Lipinski definition) is 5. The first-order chi connectivity index (χ1) is 13.5. The third-order valence-corrected chi connectivity index (χ3v) is 4.50. The fourth-order valence-corrected chi connectivity index (χ4v) is 2.96. The Morgan fingerprint density at radius 2 is 2.00 bits per heavy atom. The van der Waals surface area contributed by atoms with Gasteiger partial charge < -0.3 is 14.5 Å². The predicted octanol–water partition coefficient (Wildman–Crippen LogP) is 3.35. The second-order valence-corrected chi connectivity index (χ2v) is 6.60. The third-order valence-electron chi connectivity index (χ3n) is 4.11. The van der Waals surface area contributed by atoms with Crippen LogP contribution in [0.25, 0.3) is 0 Å². The highest BCUT2D eigenvalue weighted by Crippen LogP contribution is 2.22. The minimum absolute atomic E-state index is 0.156. The molecule has 1 amide bonds. The van der Waals surface area contributed by atoms with E-state index < -0.39 is 18.0 Å². The van der Waals surface area contributed by atoms with Gasteiger partial charge in [0, 0.05) is 0 Å². The van der Waals surface area contributed by atoms with Crippen LogP contribution in [0.2, 0.25) is 5.15 Å². The van der Waals surface area contributed by atoms with Crippen molar-refractivity contribution in [3.05, 3.63) is 76.5 Å². The van der Waals surface area contributed by atoms with Crippen LogP contribution >= 0.6 is 11.6 Å². The molecule has 2 heterocycles. The summed E-state index contributed by atoms with van der Waals surface area (Å²) in [6.45, 7) is 3.80. The Bertz CT molecular complexity index is 952. The maximum absolute atomic E-state index is 12.5. The molecule has 8 heteroatoms. The van der Waals surface area contributed by atoms with Gasteiger partial charge in [-0.2, -0.15) is 5.10 Å². The number of aryl methyl sites for hydroxylation is 1. The summed E-state index contributed by atoms with van der Waals surface area (Å²) in [4.78, 5) is 24.7. The number of amides is 1. The molecule has 0 saturated heterocycles. The SMILES string of the molecule is Cc1nn(Cc2ccccc2)c(Cl)c1C(=O)O[C@@H](C)C(=O)NCc1ccco1. The Morgan fingerprint density at radius 3 is 2.68 bits per heavy atom. The number of halogens is 1. The highest BCUT2D eigenvalue weighted by molar-refractivity contribution is 6.32. The Balaban J connectivity index is 1.64. The van der Waals surface area contributed by atoms with Crippen molar-refractivity contribution in [2.45, 2.75) is 33.0 Å². The molecule has 2 aromatic heterocycles. The number of aromatic nitrogens is 2. The van der Waals surface area contributed by atoms with Gasteiger partial charge in [-0.05, 0) is 31.5 Å². The van der Waals surface area contributed by atoms with Crippen LogP contribution in [0, 0.1) is 6.92 Å². The zero-order valence-corrected chi connectivity index (χ0v) is 16.3. The molecule has 0 aliphatic heterocycles. The smallest absolute Gasteiger partial charge is 0.343 e. The zero-order valence-electron chi connectivity index (χ0n) is 15.5. The number of nitrogens with zero attached hydrogens (tertiary/aromatic N) is 2. The lowest BCUT2D eigenvalue weighted by Crippen LogP contribution is -2.35. The van der Waals surface area contributed by atoms with E-state index in [0.717, 1.165) is 5.56 Å². The molecule has 146 valence electrons. The van der Waals surface area contributed by atoms with Crippen molar-refractivity contribution in [3.8, 4) is 0 Å². The lowest BCUT2D eigenvalue weighted by atomic mass is 10.2. The van der Waals surface area contributed by atoms with Gasteiger partial charge in [-0.1, -0.05) is 41.9 Å². The molecule has 0 spiro atoms. The maximum Gasteiger partial charge on any atom is 0.343 e. The standard InChI is InChI=1S/C20H20ClN3O4/c1-13-17(18(21)24(23-13)12-15-7-4-3-5-8-15)20(26)28-14(2)19(25)22-11-16-9-6-10-27-16/h3-10,14H,11-12H2,1-2H3,(H,22,25)/t14-/m0/s1. The average Bonchev–Trinajstić information content (AvgIpc) is 3.28. The first-order valence-corrected chi connectivity index (χ1v) is 9.11. The van der Waals surface area contributed by atoms with Crippen LogP contribution in [0.1, 0.15) is 34.3 Å². The minimum atomic E-state index is -0.990. The Labute approximate surface area is 167 Å². The Hall–Kier alpha value is -3.06. The number of benzene rings is 1. The molecule has 0 saturated carbocycles. The van der Waals surface area contributed by atoms with E-state index in [4.69, 9.17) is 20.8 Å². The lowest BCUT2D eigenvalue weighted by molar-refractivity contribution is -0.129. The molecule has 0 bridgehead atoms. The fraction of sp³-hybridized carbons (Fsp3) is 0.250. The zero-order chi connectivity index (χ0) is 20.1. The van der Waals surface area contributed by atoms with Crippen LogP contribution in [-0.4, -0.2) is 27.8 Å². The van der Waals surface area contributed by atoms with Crippen molar-refractivity contribution in [1.29, 1.82) is 0 Å². The summed E-state index contributed by atoms with van der Waals surface area (Å²) in [5.74, 6) is -0.523. The van der Waals surface area contributed by atoms with Gasteiger partial charge in [0.15, 0.2) is 6.10 Å². The topological polar surface area (TPSA) is 86.4 Å². The molecule has 0 aliphatic rings. The number of furan rings is 1. The molecule has 1 atom stereocenters. The van der Waals surface area contributed by atoms with Crippen LogP contribution in [0.3, 0.4) is 0 Å². The van der Waals surface area contributed by atoms with E-state index in [2.05, 4.69) is 10.4 Å². The molecule has 3 aromatic rings. The van der Waals surface area contributed by atoms with Gasteiger partial charge in [0.25, 0.3) is 5.91 Å². The van der Waals surface area contributed by atoms with Gasteiger partial charge in [-0.25, -0.2) is 9.48 Å². The number of hydrogen-bond donors (Lipinski definition) is 1. The van der Waals surface area contributed by atoms with E-state index in [1.54, 1.807) is 19.1 Å². The molecule has 3 rings (SSSR count). The van der Waals surface area contributed by atoms with Crippen molar-refractivity contribution in [2.24, 2.45) is 0 Å². The Morgan fingerprint density at radius 1 is 1.25 bits per heavy atom. The molecule has 0 fully saturated rings. The molecule has 1 N–H and O–H groups in total. The summed E-state index contributed by atoms with van der Waals surface area (Å²) in [5.41, 5.74) is 1.59. The summed E-state index contributed by atoms with van der Waals surface area (Å²) in [6.07, 6.45) is 0.526. The first-order valence-electron chi connectivity index (χ1n) is 8.73. The van der Waals surface area contributed by atoms with Crippen molar-refractivity contribution < 1.29 is 18.7 Å². The van der Waals surface area contributed by atoms with Crippen molar-refractivity contribution in [1.82, 2.24) is 15.1 Å². The van der Waals surface area contributed by atoms with E-state index >= 15 is 0 Å². The highest BCUT2D eigenvalue weighted by Gasteiger charge is 2.25. The van der Waals surface area contributed by atoms with Gasteiger partial charge >= 0.3 is 5.97 Å². The summed E-state index contributed by atoms with van der Waals surface area (Å²) < 4.78 is 12.0. The molecule has 1 aromatic carbocycles. The van der Waals surface area contributed by atoms with Crippen LogP contribution in [-0.2, 0) is 22.6 Å². The summed E-state index contributed by atoms with van der Waals surface area (Å²) in [6, 6.07) is 13.1. The first kappa shape index (κ1) is 19.7. The maximum atomic E-state index is 12.5. The van der Waals surface area contributed by atoms with Gasteiger partial charge in [0.1, 0.15) is 16.5 Å². The van der Waals surface area contributed by atoms with Gasteiger partial charge in [-0.3, -0.25) is 4.79 Å². The van der Waals surface area contributed by atoms with E-state index in [1.165, 1.54) is 17.9 Å². The van der Waals surface area contributed by atoms with E-state index in [-0.39, 0.29) is 17.3 Å². The number of carbonyl (C=O) groups excluding carboxylic acids is 2. The van der Waals surface area contributed by atoms with Crippen LogP contribution in [0.15, 0.2) is 53.1 Å². The summed E-state index contributed by atoms with van der Waals surface area (Å²) >= 11 is 6.35. The fourth-order valence-electron chi connectivity index (χ4n) is 2.65. The lowest BCUT2D eigenvalue weighted by Gasteiger charge is -2.13. The molecule has 0 radical (unpaired) electrons.